The van der Waals surface area contributed by atoms with Gasteiger partial charge in [0.2, 0.25) is 5.89 Å². The quantitative estimate of drug-likeness (QED) is 0.336. The predicted octanol–water partition coefficient (Wildman–Crippen LogP) is 1.28. The Kier molecular flexibility index (Phi) is 4.99. The lowest BCUT2D eigenvalue weighted by atomic mass is 10.0. The molecule has 140 valence electrons. The normalized spacial score (nSPS) is 12.7. The summed E-state index contributed by atoms with van der Waals surface area (Å²) >= 11 is 0. The second kappa shape index (κ2) is 7.38. The Morgan fingerprint density at radius 3 is 2.81 bits per heavy atom. The molecule has 0 radical (unpaired) electrons. The number of oxazole rings is 1. The minimum Gasteiger partial charge on any atom is -0.438 e. The van der Waals surface area contributed by atoms with Gasteiger partial charge in [0.1, 0.15) is 17.3 Å². The maximum Gasteiger partial charge on any atom is 0.267 e. The highest BCUT2D eigenvalue weighted by Crippen LogP contribution is 2.29. The van der Waals surface area contributed by atoms with Crippen molar-refractivity contribution in [1.82, 2.24) is 25.5 Å². The van der Waals surface area contributed by atoms with Crippen molar-refractivity contribution in [2.45, 2.75) is 19.9 Å². The first-order valence-corrected chi connectivity index (χ1v) is 8.14. The zero-order chi connectivity index (χ0) is 19.6. The van der Waals surface area contributed by atoms with Gasteiger partial charge in [-0.2, -0.15) is 0 Å². The molecule has 2 heterocycles. The molecule has 3 aromatic rings. The van der Waals surface area contributed by atoms with Crippen LogP contribution in [0.25, 0.3) is 17.2 Å². The molecule has 3 rings (SSSR count). The van der Waals surface area contributed by atoms with Crippen molar-refractivity contribution in [2.24, 2.45) is 11.7 Å². The monoisotopic (exact) mass is 370 g/mol. The lowest BCUT2D eigenvalue weighted by molar-refractivity contribution is -0.124. The number of amides is 2. The summed E-state index contributed by atoms with van der Waals surface area (Å²) in [5, 5.41) is 16.6. The first kappa shape index (κ1) is 18.3. The fourth-order valence-electron chi connectivity index (χ4n) is 2.70. The van der Waals surface area contributed by atoms with Gasteiger partial charge in [-0.1, -0.05) is 25.1 Å². The van der Waals surface area contributed by atoms with Gasteiger partial charge >= 0.3 is 0 Å². The lowest BCUT2D eigenvalue weighted by Crippen LogP contribution is -2.18. The van der Waals surface area contributed by atoms with Crippen LogP contribution in [0.15, 0.2) is 34.9 Å². The van der Waals surface area contributed by atoms with Crippen molar-refractivity contribution in [3.63, 3.8) is 0 Å². The summed E-state index contributed by atoms with van der Waals surface area (Å²) in [4.78, 5) is 27.1. The van der Waals surface area contributed by atoms with E-state index in [2.05, 4.69) is 15.3 Å². The standard InChI is InChI=1S/C17H18N6O4/c1-9(2)15(23-8-10(20-22-23)6-7-13(24)21-26)17-19-14-11(16(18)25)4-3-5-12(14)27-17/h3-9,15,26H,1-2H3,(H2,18,25)(H,21,24)/b7-6+. The number of nitrogens with one attached hydrogen (secondary N) is 1. The van der Waals surface area contributed by atoms with E-state index < -0.39 is 11.8 Å². The van der Waals surface area contributed by atoms with E-state index in [1.165, 1.54) is 11.6 Å². The molecule has 0 fully saturated rings. The van der Waals surface area contributed by atoms with Crippen molar-refractivity contribution >= 4 is 29.0 Å². The van der Waals surface area contributed by atoms with Gasteiger partial charge in [0.15, 0.2) is 5.58 Å². The van der Waals surface area contributed by atoms with Crippen LogP contribution in [0.1, 0.15) is 41.8 Å². The summed E-state index contributed by atoms with van der Waals surface area (Å²) in [6.45, 7) is 3.93. The fraction of sp³-hybridized carbons (Fsp3) is 0.235. The molecule has 10 heteroatoms. The molecule has 0 spiro atoms. The Morgan fingerprint density at radius 2 is 2.15 bits per heavy atom. The van der Waals surface area contributed by atoms with Crippen LogP contribution >= 0.6 is 0 Å². The zero-order valence-corrected chi connectivity index (χ0v) is 14.7. The number of primary amides is 1. The zero-order valence-electron chi connectivity index (χ0n) is 14.7. The van der Waals surface area contributed by atoms with Crippen LogP contribution in [0.5, 0.6) is 0 Å². The SMILES string of the molecule is CC(C)C(c1nc2c(C(N)=O)cccc2o1)n1cc(/C=C/C(=O)NO)nn1. The summed E-state index contributed by atoms with van der Waals surface area (Å²) in [6, 6.07) is 4.58. The van der Waals surface area contributed by atoms with Crippen LogP contribution < -0.4 is 11.2 Å². The van der Waals surface area contributed by atoms with Gasteiger partial charge < -0.3 is 10.2 Å². The Hall–Kier alpha value is -3.53. The molecule has 0 aliphatic heterocycles. The average Bonchev–Trinajstić information content (AvgIpc) is 3.25. The van der Waals surface area contributed by atoms with E-state index in [0.29, 0.717) is 22.7 Å². The van der Waals surface area contributed by atoms with Crippen LogP contribution in [0.4, 0.5) is 0 Å². The maximum atomic E-state index is 11.6. The highest BCUT2D eigenvalue weighted by atomic mass is 16.5. The summed E-state index contributed by atoms with van der Waals surface area (Å²) in [6.07, 6.45) is 4.15. The molecule has 1 aromatic carbocycles. The van der Waals surface area contributed by atoms with E-state index in [1.54, 1.807) is 29.1 Å². The average molecular weight is 370 g/mol. The van der Waals surface area contributed by atoms with Crippen LogP contribution in [-0.2, 0) is 4.79 Å². The smallest absolute Gasteiger partial charge is 0.267 e. The number of nitrogens with zero attached hydrogens (tertiary/aromatic N) is 4. The first-order valence-electron chi connectivity index (χ1n) is 8.14. The topological polar surface area (TPSA) is 149 Å². The van der Waals surface area contributed by atoms with Gasteiger partial charge in [-0.3, -0.25) is 14.8 Å². The number of hydrogen-bond acceptors (Lipinski definition) is 7. The largest absolute Gasteiger partial charge is 0.438 e. The number of rotatable bonds is 6. The number of hydrogen-bond donors (Lipinski definition) is 3. The van der Waals surface area contributed by atoms with Gasteiger partial charge in [0.25, 0.3) is 11.8 Å². The van der Waals surface area contributed by atoms with Crippen molar-refractivity contribution in [1.29, 1.82) is 0 Å². The minimum absolute atomic E-state index is 0.0364. The Bertz CT molecular complexity index is 1020. The van der Waals surface area contributed by atoms with Crippen molar-refractivity contribution in [3.05, 3.63) is 47.6 Å². The third-order valence-electron chi connectivity index (χ3n) is 3.91. The van der Waals surface area contributed by atoms with Crippen LogP contribution in [0, 0.1) is 5.92 Å². The molecule has 2 aromatic heterocycles. The molecule has 1 atom stereocenters. The summed E-state index contributed by atoms with van der Waals surface area (Å²) in [5.74, 6) is -0.864. The van der Waals surface area contributed by atoms with Crippen molar-refractivity contribution < 1.29 is 19.2 Å². The lowest BCUT2D eigenvalue weighted by Gasteiger charge is -2.16. The molecular formula is C17H18N6O4. The summed E-state index contributed by atoms with van der Waals surface area (Å²) in [5.41, 5.74) is 8.44. The van der Waals surface area contributed by atoms with E-state index in [9.17, 15) is 9.59 Å². The molecule has 0 saturated heterocycles. The molecule has 1 unspecified atom stereocenters. The molecule has 0 bridgehead atoms. The van der Waals surface area contributed by atoms with Crippen LogP contribution in [0.2, 0.25) is 0 Å². The number of aromatic nitrogens is 4. The predicted molar refractivity (Wildman–Crippen MR) is 94.5 cm³/mol. The van der Waals surface area contributed by atoms with E-state index in [0.717, 1.165) is 6.08 Å². The van der Waals surface area contributed by atoms with Gasteiger partial charge in [-0.05, 0) is 24.1 Å². The number of fused-ring (bicyclic) bond motifs is 1. The first-order chi connectivity index (χ1) is 12.9. The molecular weight excluding hydrogens is 352 g/mol. The summed E-state index contributed by atoms with van der Waals surface area (Å²) < 4.78 is 7.40. The van der Waals surface area contributed by atoms with Crippen molar-refractivity contribution in [3.8, 4) is 0 Å². The van der Waals surface area contributed by atoms with Gasteiger partial charge in [-0.25, -0.2) is 15.1 Å². The molecule has 27 heavy (non-hydrogen) atoms. The summed E-state index contributed by atoms with van der Waals surface area (Å²) in [7, 11) is 0. The second-order valence-electron chi connectivity index (χ2n) is 6.19. The second-order valence-corrected chi connectivity index (χ2v) is 6.19. The molecule has 0 saturated carbocycles. The van der Waals surface area contributed by atoms with Crippen molar-refractivity contribution in [2.75, 3.05) is 0 Å². The Morgan fingerprint density at radius 1 is 1.37 bits per heavy atom. The molecule has 0 aliphatic rings. The van der Waals surface area contributed by atoms with Gasteiger partial charge in [0, 0.05) is 6.08 Å². The van der Waals surface area contributed by atoms with Gasteiger partial charge in [-0.15, -0.1) is 5.10 Å². The Balaban J connectivity index is 2.00. The Labute approximate surface area is 153 Å². The highest BCUT2D eigenvalue weighted by Gasteiger charge is 2.26. The maximum absolute atomic E-state index is 11.6. The van der Waals surface area contributed by atoms with E-state index in [4.69, 9.17) is 15.4 Å². The minimum atomic E-state index is -0.678. The van der Waals surface area contributed by atoms with E-state index in [-0.39, 0.29) is 17.5 Å². The highest BCUT2D eigenvalue weighted by molar-refractivity contribution is 6.03. The molecule has 2 amide bonds. The number of nitrogens with two attached hydrogens (primary N) is 1. The van der Waals surface area contributed by atoms with E-state index >= 15 is 0 Å². The number of carbonyl (C=O) groups is 2. The molecule has 10 nitrogen and oxygen atoms in total. The number of hydroxylamine groups is 1. The molecule has 4 N–H and O–H groups in total. The van der Waals surface area contributed by atoms with Gasteiger partial charge in [0.05, 0.1) is 11.8 Å². The third kappa shape index (κ3) is 3.70. The number of para-hydroxylation sites is 1. The van der Waals surface area contributed by atoms with Crippen LogP contribution in [0.3, 0.4) is 0 Å². The van der Waals surface area contributed by atoms with E-state index in [1.807, 2.05) is 13.8 Å². The number of carbonyl (C=O) groups excluding carboxylic acids is 2. The fourth-order valence-corrected chi connectivity index (χ4v) is 2.70. The third-order valence-corrected chi connectivity index (χ3v) is 3.91. The molecule has 0 aliphatic carbocycles. The van der Waals surface area contributed by atoms with Crippen LogP contribution in [-0.4, -0.2) is 37.0 Å². The number of benzene rings is 1.